The second-order valence-electron chi connectivity index (χ2n) is 5.43. The molecule has 2 aromatic rings. The number of fused-ring (bicyclic) bond motifs is 2. The zero-order valence-corrected chi connectivity index (χ0v) is 13.6. The Morgan fingerprint density at radius 3 is 2.87 bits per heavy atom. The maximum atomic E-state index is 12.1. The normalized spacial score (nSPS) is 19.2. The molecule has 0 aromatic heterocycles. The molecule has 2 aliphatic heterocycles. The summed E-state index contributed by atoms with van der Waals surface area (Å²) in [5.74, 6) is 0.924. The Labute approximate surface area is 141 Å². The van der Waals surface area contributed by atoms with E-state index in [1.165, 1.54) is 0 Å². The van der Waals surface area contributed by atoms with Crippen molar-refractivity contribution < 1.29 is 14.6 Å². The Kier molecular flexibility index (Phi) is 3.27. The van der Waals surface area contributed by atoms with Crippen LogP contribution in [-0.4, -0.2) is 17.7 Å². The van der Waals surface area contributed by atoms with Crippen molar-refractivity contribution in [3.8, 4) is 11.5 Å². The van der Waals surface area contributed by atoms with Gasteiger partial charge in [-0.05, 0) is 45.8 Å². The quantitative estimate of drug-likeness (QED) is 0.718. The summed E-state index contributed by atoms with van der Waals surface area (Å²) in [7, 11) is 0. The Morgan fingerprint density at radius 2 is 2.04 bits per heavy atom. The number of phenols is 1. The van der Waals surface area contributed by atoms with Gasteiger partial charge in [0, 0.05) is 11.1 Å². The average Bonchev–Trinajstić information content (AvgIpc) is 2.56. The van der Waals surface area contributed by atoms with Crippen molar-refractivity contribution in [2.75, 3.05) is 6.61 Å². The van der Waals surface area contributed by atoms with Gasteiger partial charge in [-0.1, -0.05) is 18.2 Å². The Bertz CT molecular complexity index is 847. The van der Waals surface area contributed by atoms with E-state index in [-0.39, 0.29) is 17.8 Å². The highest BCUT2D eigenvalue weighted by atomic mass is 79.9. The third-order valence-corrected chi connectivity index (χ3v) is 4.66. The molecule has 6 heteroatoms. The maximum Gasteiger partial charge on any atom is 0.320 e. The van der Waals surface area contributed by atoms with Gasteiger partial charge in [-0.3, -0.25) is 0 Å². The molecular weight excluding hydrogens is 360 g/mol. The van der Waals surface area contributed by atoms with E-state index >= 15 is 0 Å². The lowest BCUT2D eigenvalue weighted by Crippen LogP contribution is -2.45. The van der Waals surface area contributed by atoms with E-state index in [0.29, 0.717) is 11.1 Å². The lowest BCUT2D eigenvalue weighted by Gasteiger charge is -2.34. The molecule has 0 bridgehead atoms. The number of benzene rings is 2. The van der Waals surface area contributed by atoms with Crippen molar-refractivity contribution in [1.82, 2.24) is 10.6 Å². The van der Waals surface area contributed by atoms with Gasteiger partial charge >= 0.3 is 6.03 Å². The van der Waals surface area contributed by atoms with Gasteiger partial charge in [-0.15, -0.1) is 0 Å². The van der Waals surface area contributed by atoms with E-state index in [9.17, 15) is 9.90 Å². The fraction of sp³-hybridized carbons (Fsp3) is 0.118. The highest BCUT2D eigenvalue weighted by Gasteiger charge is 2.33. The Morgan fingerprint density at radius 1 is 1.22 bits per heavy atom. The number of para-hydroxylation sites is 1. The van der Waals surface area contributed by atoms with E-state index in [4.69, 9.17) is 4.74 Å². The zero-order chi connectivity index (χ0) is 16.0. The highest BCUT2D eigenvalue weighted by molar-refractivity contribution is 9.10. The van der Waals surface area contributed by atoms with Crippen LogP contribution in [-0.2, 0) is 0 Å². The van der Waals surface area contributed by atoms with Crippen LogP contribution in [0.5, 0.6) is 11.5 Å². The molecule has 3 N–H and O–H groups in total. The van der Waals surface area contributed by atoms with Crippen LogP contribution in [0.1, 0.15) is 17.2 Å². The summed E-state index contributed by atoms with van der Waals surface area (Å²) in [6.07, 6.45) is 0. The number of carbonyl (C=O) groups is 1. The number of ether oxygens (including phenoxy) is 1. The van der Waals surface area contributed by atoms with Crippen LogP contribution >= 0.6 is 15.9 Å². The second-order valence-corrected chi connectivity index (χ2v) is 6.28. The molecule has 0 radical (unpaired) electrons. The molecule has 0 aliphatic carbocycles. The van der Waals surface area contributed by atoms with E-state index in [1.807, 2.05) is 24.3 Å². The van der Waals surface area contributed by atoms with Gasteiger partial charge < -0.3 is 20.5 Å². The van der Waals surface area contributed by atoms with E-state index in [0.717, 1.165) is 28.1 Å². The SMILES string of the molecule is O=C1NC2=C(COc3ccccc32)C(c2ccc(O)c(Br)c2)N1. The average molecular weight is 373 g/mol. The number of amides is 2. The van der Waals surface area contributed by atoms with Crippen LogP contribution in [0.2, 0.25) is 0 Å². The molecule has 2 aliphatic rings. The van der Waals surface area contributed by atoms with Gasteiger partial charge in [0.25, 0.3) is 0 Å². The Balaban J connectivity index is 1.85. The Hall–Kier alpha value is -2.47. The van der Waals surface area contributed by atoms with Crippen molar-refractivity contribution >= 4 is 27.7 Å². The third-order valence-electron chi connectivity index (χ3n) is 4.03. The zero-order valence-electron chi connectivity index (χ0n) is 12.0. The van der Waals surface area contributed by atoms with Crippen LogP contribution < -0.4 is 15.4 Å². The van der Waals surface area contributed by atoms with E-state index in [2.05, 4.69) is 26.6 Å². The van der Waals surface area contributed by atoms with E-state index < -0.39 is 0 Å². The minimum absolute atomic E-state index is 0.161. The van der Waals surface area contributed by atoms with Gasteiger partial charge in [0.05, 0.1) is 16.2 Å². The van der Waals surface area contributed by atoms with Crippen molar-refractivity contribution in [2.45, 2.75) is 6.04 Å². The van der Waals surface area contributed by atoms with Crippen molar-refractivity contribution in [3.05, 3.63) is 63.6 Å². The monoisotopic (exact) mass is 372 g/mol. The standard InChI is InChI=1S/C17H13BrN2O3/c18-12-7-9(5-6-13(12)21)15-11-8-23-14-4-2-1-3-10(14)16(11)20-17(22)19-15/h1-7,15,21H,8H2,(H2,19,20,22). The number of hydrogen-bond acceptors (Lipinski definition) is 3. The van der Waals surface area contributed by atoms with Gasteiger partial charge in [-0.2, -0.15) is 0 Å². The molecule has 2 heterocycles. The molecule has 0 saturated heterocycles. The molecule has 116 valence electrons. The van der Waals surface area contributed by atoms with Crippen molar-refractivity contribution in [1.29, 1.82) is 0 Å². The summed E-state index contributed by atoms with van der Waals surface area (Å²) in [6, 6.07) is 12.3. The lowest BCUT2D eigenvalue weighted by atomic mass is 9.91. The van der Waals surface area contributed by atoms with Crippen LogP contribution in [0.25, 0.3) is 5.70 Å². The molecule has 0 spiro atoms. The third kappa shape index (κ3) is 2.35. The highest BCUT2D eigenvalue weighted by Crippen LogP contribution is 2.39. The van der Waals surface area contributed by atoms with Crippen molar-refractivity contribution in [2.24, 2.45) is 0 Å². The number of rotatable bonds is 1. The predicted molar refractivity (Wildman–Crippen MR) is 89.1 cm³/mol. The summed E-state index contributed by atoms with van der Waals surface area (Å²) in [6.45, 7) is 0.392. The summed E-state index contributed by atoms with van der Waals surface area (Å²) >= 11 is 3.32. The topological polar surface area (TPSA) is 70.6 Å². The summed E-state index contributed by atoms with van der Waals surface area (Å²) < 4.78 is 6.41. The van der Waals surface area contributed by atoms with Crippen LogP contribution in [0.3, 0.4) is 0 Å². The summed E-state index contributed by atoms with van der Waals surface area (Å²) in [4.78, 5) is 12.1. The lowest BCUT2D eigenvalue weighted by molar-refractivity contribution is 0.237. The molecule has 5 nitrogen and oxygen atoms in total. The first kappa shape index (κ1) is 14.1. The molecule has 4 rings (SSSR count). The summed E-state index contributed by atoms with van der Waals surface area (Å²) in [5, 5.41) is 15.5. The molecule has 0 fully saturated rings. The number of nitrogens with one attached hydrogen (secondary N) is 2. The largest absolute Gasteiger partial charge is 0.507 e. The van der Waals surface area contributed by atoms with Gasteiger partial charge in [0.2, 0.25) is 0 Å². The number of urea groups is 1. The minimum Gasteiger partial charge on any atom is -0.507 e. The second kappa shape index (κ2) is 5.31. The molecule has 0 saturated carbocycles. The first-order chi connectivity index (χ1) is 11.1. The van der Waals surface area contributed by atoms with Gasteiger partial charge in [0.15, 0.2) is 0 Å². The van der Waals surface area contributed by atoms with Crippen LogP contribution in [0, 0.1) is 0 Å². The van der Waals surface area contributed by atoms with Gasteiger partial charge in [-0.25, -0.2) is 4.79 Å². The first-order valence-corrected chi connectivity index (χ1v) is 7.94. The van der Waals surface area contributed by atoms with Gasteiger partial charge in [0.1, 0.15) is 18.1 Å². The predicted octanol–water partition coefficient (Wildman–Crippen LogP) is 3.31. The minimum atomic E-state index is -0.302. The van der Waals surface area contributed by atoms with Crippen LogP contribution in [0.15, 0.2) is 52.5 Å². The maximum absolute atomic E-state index is 12.1. The molecule has 2 aromatic carbocycles. The van der Waals surface area contributed by atoms with Crippen LogP contribution in [0.4, 0.5) is 4.79 Å². The fourth-order valence-electron chi connectivity index (χ4n) is 2.93. The molecule has 23 heavy (non-hydrogen) atoms. The molecular formula is C17H13BrN2O3. The number of carbonyl (C=O) groups excluding carboxylic acids is 1. The molecule has 1 atom stereocenters. The first-order valence-electron chi connectivity index (χ1n) is 7.14. The molecule has 2 amide bonds. The number of aromatic hydroxyl groups is 1. The van der Waals surface area contributed by atoms with E-state index in [1.54, 1.807) is 18.2 Å². The smallest absolute Gasteiger partial charge is 0.320 e. The van der Waals surface area contributed by atoms with Crippen molar-refractivity contribution in [3.63, 3.8) is 0 Å². The number of phenolic OH excluding ortho intramolecular Hbond substituents is 1. The fourth-order valence-corrected chi connectivity index (χ4v) is 3.33. The number of halogens is 1. The summed E-state index contributed by atoms with van der Waals surface area (Å²) in [5.41, 5.74) is 3.51. The molecule has 1 unspecified atom stereocenters. The number of hydrogen-bond donors (Lipinski definition) is 3.